The van der Waals surface area contributed by atoms with Crippen LogP contribution in [0.3, 0.4) is 0 Å². The Morgan fingerprint density at radius 3 is 2.81 bits per heavy atom. The number of nitrogens with one attached hydrogen (secondary N) is 1. The standard InChI is InChI=1S/C19H24N6O2/c1-23-14-7-4-5-8-15(14)24(19(23)27)12-10-18(26)20-13-17-22-21-16-9-3-2-6-11-25(16)17/h4-5,7-8H,2-3,6,9-13H2,1H3,(H,20,26). The molecule has 142 valence electrons. The summed E-state index contributed by atoms with van der Waals surface area (Å²) in [6.07, 6.45) is 4.66. The molecule has 0 saturated carbocycles. The van der Waals surface area contributed by atoms with Crippen molar-refractivity contribution in [3.63, 3.8) is 0 Å². The first kappa shape index (κ1) is 17.5. The Labute approximate surface area is 156 Å². The number of rotatable bonds is 5. The zero-order valence-electron chi connectivity index (χ0n) is 15.5. The molecule has 0 bridgehead atoms. The van der Waals surface area contributed by atoms with Crippen LogP contribution in [0, 0.1) is 0 Å². The molecule has 3 heterocycles. The Hall–Kier alpha value is -2.90. The Morgan fingerprint density at radius 2 is 1.96 bits per heavy atom. The highest BCUT2D eigenvalue weighted by Crippen LogP contribution is 2.14. The number of nitrogens with zero attached hydrogens (tertiary/aromatic N) is 5. The first-order valence-electron chi connectivity index (χ1n) is 9.47. The minimum absolute atomic E-state index is 0.0965. The van der Waals surface area contributed by atoms with Gasteiger partial charge in [0.15, 0.2) is 5.82 Å². The molecule has 1 N–H and O–H groups in total. The van der Waals surface area contributed by atoms with Gasteiger partial charge in [-0.25, -0.2) is 4.79 Å². The largest absolute Gasteiger partial charge is 0.349 e. The maximum Gasteiger partial charge on any atom is 0.328 e. The van der Waals surface area contributed by atoms with E-state index in [4.69, 9.17) is 0 Å². The van der Waals surface area contributed by atoms with E-state index < -0.39 is 0 Å². The molecule has 0 radical (unpaired) electrons. The molecule has 0 aliphatic carbocycles. The third kappa shape index (κ3) is 3.39. The summed E-state index contributed by atoms with van der Waals surface area (Å²) in [5.74, 6) is 1.72. The van der Waals surface area contributed by atoms with E-state index in [2.05, 4.69) is 20.1 Å². The molecule has 1 aliphatic rings. The summed E-state index contributed by atoms with van der Waals surface area (Å²) in [5, 5.41) is 11.4. The number of aryl methyl sites for hydroxylation is 3. The van der Waals surface area contributed by atoms with Gasteiger partial charge in [0.25, 0.3) is 0 Å². The fourth-order valence-electron chi connectivity index (χ4n) is 3.73. The molecular formula is C19H24N6O2. The van der Waals surface area contributed by atoms with E-state index in [0.717, 1.165) is 48.5 Å². The van der Waals surface area contributed by atoms with E-state index in [1.165, 1.54) is 6.42 Å². The molecule has 8 nitrogen and oxygen atoms in total. The molecule has 1 amide bonds. The minimum Gasteiger partial charge on any atom is -0.349 e. The zero-order chi connectivity index (χ0) is 18.8. The topological polar surface area (TPSA) is 86.7 Å². The predicted octanol–water partition coefficient (Wildman–Crippen LogP) is 1.36. The summed E-state index contributed by atoms with van der Waals surface area (Å²) in [7, 11) is 1.75. The molecule has 4 rings (SSSR count). The van der Waals surface area contributed by atoms with E-state index in [1.807, 2.05) is 24.3 Å². The maximum atomic E-state index is 12.4. The monoisotopic (exact) mass is 368 g/mol. The lowest BCUT2D eigenvalue weighted by molar-refractivity contribution is -0.121. The normalized spacial score (nSPS) is 14.1. The number of hydrogen-bond donors (Lipinski definition) is 1. The average Bonchev–Trinajstić information content (AvgIpc) is 3.06. The Balaban J connectivity index is 1.39. The van der Waals surface area contributed by atoms with Gasteiger partial charge in [0.2, 0.25) is 5.91 Å². The minimum atomic E-state index is -0.105. The van der Waals surface area contributed by atoms with Crippen molar-refractivity contribution in [2.75, 3.05) is 0 Å². The van der Waals surface area contributed by atoms with Crippen molar-refractivity contribution in [2.24, 2.45) is 7.05 Å². The number of para-hydroxylation sites is 2. The summed E-state index contributed by atoms with van der Waals surface area (Å²) < 4.78 is 5.39. The molecule has 0 spiro atoms. The third-order valence-corrected chi connectivity index (χ3v) is 5.24. The van der Waals surface area contributed by atoms with E-state index in [1.54, 1.807) is 16.2 Å². The number of carbonyl (C=O) groups is 1. The highest BCUT2D eigenvalue weighted by atomic mass is 16.2. The summed E-state index contributed by atoms with van der Waals surface area (Å²) in [4.78, 5) is 24.7. The molecule has 27 heavy (non-hydrogen) atoms. The quantitative estimate of drug-likeness (QED) is 0.737. The lowest BCUT2D eigenvalue weighted by Gasteiger charge is -2.08. The average molecular weight is 368 g/mol. The van der Waals surface area contributed by atoms with Gasteiger partial charge in [-0.3, -0.25) is 13.9 Å². The van der Waals surface area contributed by atoms with E-state index in [9.17, 15) is 9.59 Å². The molecule has 0 unspecified atom stereocenters. The van der Waals surface area contributed by atoms with Gasteiger partial charge in [-0.1, -0.05) is 18.6 Å². The lowest BCUT2D eigenvalue weighted by Crippen LogP contribution is -2.28. The number of hydrogen-bond acceptors (Lipinski definition) is 4. The van der Waals surface area contributed by atoms with Crippen LogP contribution in [0.4, 0.5) is 0 Å². The summed E-state index contributed by atoms with van der Waals surface area (Å²) in [6, 6.07) is 7.61. The molecule has 8 heteroatoms. The number of fused-ring (bicyclic) bond motifs is 2. The van der Waals surface area contributed by atoms with E-state index >= 15 is 0 Å². The van der Waals surface area contributed by atoms with E-state index in [0.29, 0.717) is 13.1 Å². The van der Waals surface area contributed by atoms with Gasteiger partial charge >= 0.3 is 5.69 Å². The van der Waals surface area contributed by atoms with Crippen molar-refractivity contribution in [1.82, 2.24) is 29.2 Å². The van der Waals surface area contributed by atoms with Gasteiger partial charge in [0.05, 0.1) is 17.6 Å². The van der Waals surface area contributed by atoms with E-state index in [-0.39, 0.29) is 18.0 Å². The van der Waals surface area contributed by atoms with Crippen molar-refractivity contribution >= 4 is 16.9 Å². The van der Waals surface area contributed by atoms with Gasteiger partial charge < -0.3 is 9.88 Å². The second kappa shape index (κ2) is 7.38. The van der Waals surface area contributed by atoms with Crippen LogP contribution in [0.25, 0.3) is 11.0 Å². The molecule has 0 fully saturated rings. The van der Waals surface area contributed by atoms with Gasteiger partial charge in [-0.05, 0) is 25.0 Å². The molecule has 3 aromatic rings. The molecular weight excluding hydrogens is 344 g/mol. The van der Waals surface area contributed by atoms with Crippen LogP contribution in [-0.4, -0.2) is 29.8 Å². The van der Waals surface area contributed by atoms with Gasteiger partial charge in [-0.2, -0.15) is 0 Å². The second-order valence-corrected chi connectivity index (χ2v) is 7.00. The predicted molar refractivity (Wildman–Crippen MR) is 101 cm³/mol. The maximum absolute atomic E-state index is 12.4. The van der Waals surface area contributed by atoms with Crippen LogP contribution < -0.4 is 11.0 Å². The SMILES string of the molecule is Cn1c(=O)n(CCC(=O)NCc2nnc3n2CCCCC3)c2ccccc21. The van der Waals surface area contributed by atoms with Crippen molar-refractivity contribution in [1.29, 1.82) is 0 Å². The van der Waals surface area contributed by atoms with Crippen LogP contribution >= 0.6 is 0 Å². The number of imidazole rings is 1. The van der Waals surface area contributed by atoms with Crippen molar-refractivity contribution in [2.45, 2.75) is 51.7 Å². The van der Waals surface area contributed by atoms with Crippen LogP contribution in [0.5, 0.6) is 0 Å². The van der Waals surface area contributed by atoms with Crippen LogP contribution in [-0.2, 0) is 37.9 Å². The number of benzene rings is 1. The molecule has 0 atom stereocenters. The number of aromatic nitrogens is 5. The smallest absolute Gasteiger partial charge is 0.328 e. The fraction of sp³-hybridized carbons (Fsp3) is 0.474. The van der Waals surface area contributed by atoms with Crippen molar-refractivity contribution in [3.05, 3.63) is 46.4 Å². The van der Waals surface area contributed by atoms with Crippen molar-refractivity contribution < 1.29 is 4.79 Å². The highest BCUT2D eigenvalue weighted by molar-refractivity contribution is 5.77. The van der Waals surface area contributed by atoms with Crippen molar-refractivity contribution in [3.8, 4) is 0 Å². The highest BCUT2D eigenvalue weighted by Gasteiger charge is 2.16. The number of amides is 1. The zero-order valence-corrected chi connectivity index (χ0v) is 15.5. The Kier molecular flexibility index (Phi) is 4.79. The Morgan fingerprint density at radius 1 is 1.15 bits per heavy atom. The summed E-state index contributed by atoms with van der Waals surface area (Å²) in [6.45, 7) is 1.64. The fourth-order valence-corrected chi connectivity index (χ4v) is 3.73. The van der Waals surface area contributed by atoms with Crippen LogP contribution in [0.15, 0.2) is 29.1 Å². The van der Waals surface area contributed by atoms with Gasteiger partial charge in [0, 0.05) is 33.0 Å². The number of carbonyl (C=O) groups excluding carboxylic acids is 1. The summed E-state index contributed by atoms with van der Waals surface area (Å²) in [5.41, 5.74) is 1.61. The first-order valence-corrected chi connectivity index (χ1v) is 9.47. The summed E-state index contributed by atoms with van der Waals surface area (Å²) >= 11 is 0. The second-order valence-electron chi connectivity index (χ2n) is 7.00. The Bertz CT molecular complexity index is 1030. The molecule has 1 aliphatic heterocycles. The van der Waals surface area contributed by atoms with Gasteiger partial charge in [-0.15, -0.1) is 10.2 Å². The van der Waals surface area contributed by atoms with Crippen LogP contribution in [0.2, 0.25) is 0 Å². The molecule has 0 saturated heterocycles. The lowest BCUT2D eigenvalue weighted by atomic mass is 10.2. The third-order valence-electron chi connectivity index (χ3n) is 5.24. The van der Waals surface area contributed by atoms with Gasteiger partial charge in [0.1, 0.15) is 5.82 Å². The van der Waals surface area contributed by atoms with Crippen LogP contribution in [0.1, 0.15) is 37.3 Å². The molecule has 2 aromatic heterocycles. The molecule has 1 aromatic carbocycles. The first-order chi connectivity index (χ1) is 13.1.